The summed E-state index contributed by atoms with van der Waals surface area (Å²) in [7, 11) is 0. The fourth-order valence-corrected chi connectivity index (χ4v) is 2.61. The first-order valence-corrected chi connectivity index (χ1v) is 5.89. The van der Waals surface area contributed by atoms with Crippen LogP contribution in [0.5, 0.6) is 0 Å². The van der Waals surface area contributed by atoms with E-state index in [4.69, 9.17) is 0 Å². The van der Waals surface area contributed by atoms with Gasteiger partial charge in [-0.3, -0.25) is 4.99 Å². The van der Waals surface area contributed by atoms with E-state index >= 15 is 0 Å². The van der Waals surface area contributed by atoms with Gasteiger partial charge in [-0.05, 0) is 20.3 Å². The van der Waals surface area contributed by atoms with Gasteiger partial charge in [-0.2, -0.15) is 0 Å². The molecule has 15 heavy (non-hydrogen) atoms. The number of nitrogens with zero attached hydrogens (tertiary/aromatic N) is 3. The summed E-state index contributed by atoms with van der Waals surface area (Å²) < 4.78 is 0. The van der Waals surface area contributed by atoms with E-state index in [1.165, 1.54) is 6.33 Å². The van der Waals surface area contributed by atoms with Gasteiger partial charge in [0.05, 0.1) is 23.6 Å². The number of thioether (sulfide) groups is 1. The molecule has 0 bridgehead atoms. The van der Waals surface area contributed by atoms with Crippen molar-refractivity contribution in [3.63, 3.8) is 0 Å². The number of anilines is 1. The summed E-state index contributed by atoms with van der Waals surface area (Å²) in [5.41, 5.74) is 0.935. The topological polar surface area (TPSA) is 50.2 Å². The van der Waals surface area contributed by atoms with E-state index in [0.29, 0.717) is 0 Å². The van der Waals surface area contributed by atoms with Crippen molar-refractivity contribution in [1.82, 2.24) is 9.97 Å². The van der Waals surface area contributed by atoms with Gasteiger partial charge >= 0.3 is 0 Å². The van der Waals surface area contributed by atoms with Crippen LogP contribution in [-0.2, 0) is 0 Å². The monoisotopic (exact) mass is 222 g/mol. The molecule has 0 atom stereocenters. The van der Waals surface area contributed by atoms with Crippen LogP contribution in [0.2, 0.25) is 0 Å². The minimum Gasteiger partial charge on any atom is -0.332 e. The molecule has 0 unspecified atom stereocenters. The van der Waals surface area contributed by atoms with E-state index < -0.39 is 0 Å². The molecule has 0 aliphatic carbocycles. The number of hydrogen-bond donors (Lipinski definition) is 1. The Morgan fingerprint density at radius 1 is 1.33 bits per heavy atom. The molecule has 4 nitrogen and oxygen atoms in total. The Bertz CT molecular complexity index is 361. The van der Waals surface area contributed by atoms with Crippen LogP contribution in [0.15, 0.2) is 23.7 Å². The first-order chi connectivity index (χ1) is 7.16. The SMILES string of the molecule is CC1(C)CCSC(Nc2cncnc2)=N1. The Hall–Kier alpha value is -1.10. The van der Waals surface area contributed by atoms with Crippen molar-refractivity contribution in [3.05, 3.63) is 18.7 Å². The molecule has 0 fully saturated rings. The van der Waals surface area contributed by atoms with Gasteiger partial charge < -0.3 is 5.32 Å². The van der Waals surface area contributed by atoms with Crippen molar-refractivity contribution in [1.29, 1.82) is 0 Å². The summed E-state index contributed by atoms with van der Waals surface area (Å²) in [6, 6.07) is 0. The zero-order chi connectivity index (χ0) is 10.7. The standard InChI is InChI=1S/C10H14N4S/c1-10(2)3-4-15-9(14-10)13-8-5-11-7-12-6-8/h5-7H,3-4H2,1-2H3,(H,13,14). The van der Waals surface area contributed by atoms with E-state index in [1.54, 1.807) is 24.2 Å². The van der Waals surface area contributed by atoms with Crippen molar-refractivity contribution < 1.29 is 0 Å². The van der Waals surface area contributed by atoms with E-state index in [-0.39, 0.29) is 5.54 Å². The quantitative estimate of drug-likeness (QED) is 0.791. The average Bonchev–Trinajstić information content (AvgIpc) is 2.17. The predicted octanol–water partition coefficient (Wildman–Crippen LogP) is 2.16. The molecule has 0 spiro atoms. The molecule has 1 aliphatic rings. The molecule has 0 aromatic carbocycles. The summed E-state index contributed by atoms with van der Waals surface area (Å²) >= 11 is 1.74. The highest BCUT2D eigenvalue weighted by atomic mass is 32.2. The van der Waals surface area contributed by atoms with Crippen LogP contribution in [0.25, 0.3) is 0 Å². The lowest BCUT2D eigenvalue weighted by molar-refractivity contribution is 0.507. The lowest BCUT2D eigenvalue weighted by Crippen LogP contribution is -2.27. The Morgan fingerprint density at radius 3 is 2.73 bits per heavy atom. The van der Waals surface area contributed by atoms with E-state index in [9.17, 15) is 0 Å². The summed E-state index contributed by atoms with van der Waals surface area (Å²) in [6.07, 6.45) is 6.13. The minimum atomic E-state index is 0.0449. The third-order valence-corrected chi connectivity index (χ3v) is 3.04. The van der Waals surface area contributed by atoms with Gasteiger partial charge in [0.1, 0.15) is 6.33 Å². The lowest BCUT2D eigenvalue weighted by atomic mass is 10.0. The Balaban J connectivity index is 2.10. The molecule has 0 radical (unpaired) electrons. The predicted molar refractivity (Wildman–Crippen MR) is 64.2 cm³/mol. The van der Waals surface area contributed by atoms with Crippen molar-refractivity contribution >= 4 is 22.6 Å². The molecule has 1 aliphatic heterocycles. The van der Waals surface area contributed by atoms with Crippen LogP contribution in [0.4, 0.5) is 5.69 Å². The molecule has 5 heteroatoms. The molecule has 1 aromatic rings. The van der Waals surface area contributed by atoms with Crippen molar-refractivity contribution in [2.24, 2.45) is 4.99 Å². The Kier molecular flexibility index (Phi) is 2.90. The van der Waals surface area contributed by atoms with Crippen LogP contribution in [-0.4, -0.2) is 26.4 Å². The largest absolute Gasteiger partial charge is 0.332 e. The molecule has 2 rings (SSSR count). The second-order valence-electron chi connectivity index (χ2n) is 4.08. The number of amidine groups is 1. The molecular weight excluding hydrogens is 208 g/mol. The molecule has 80 valence electrons. The summed E-state index contributed by atoms with van der Waals surface area (Å²) in [5, 5.41) is 4.18. The van der Waals surface area contributed by atoms with E-state index in [2.05, 4.69) is 34.1 Å². The molecule has 2 heterocycles. The van der Waals surface area contributed by atoms with Gasteiger partial charge in [-0.1, -0.05) is 11.8 Å². The minimum absolute atomic E-state index is 0.0449. The third kappa shape index (κ3) is 2.92. The Morgan fingerprint density at radius 2 is 2.07 bits per heavy atom. The number of hydrogen-bond acceptors (Lipinski definition) is 5. The number of nitrogens with one attached hydrogen (secondary N) is 1. The zero-order valence-corrected chi connectivity index (χ0v) is 9.71. The average molecular weight is 222 g/mol. The lowest BCUT2D eigenvalue weighted by Gasteiger charge is -2.26. The van der Waals surface area contributed by atoms with Crippen LogP contribution in [0.1, 0.15) is 20.3 Å². The second-order valence-corrected chi connectivity index (χ2v) is 5.16. The highest BCUT2D eigenvalue weighted by Gasteiger charge is 2.22. The van der Waals surface area contributed by atoms with Crippen LogP contribution >= 0.6 is 11.8 Å². The van der Waals surface area contributed by atoms with Crippen molar-refractivity contribution in [2.75, 3.05) is 11.1 Å². The van der Waals surface area contributed by atoms with Gasteiger partial charge in [0, 0.05) is 5.75 Å². The molecule has 1 N–H and O–H groups in total. The molecule has 0 saturated heterocycles. The van der Waals surface area contributed by atoms with Crippen LogP contribution < -0.4 is 5.32 Å². The highest BCUT2D eigenvalue weighted by Crippen LogP contribution is 2.26. The number of aliphatic imine (C=N–C) groups is 1. The fraction of sp³-hybridized carbons (Fsp3) is 0.500. The molecular formula is C10H14N4S. The van der Waals surface area contributed by atoms with Crippen molar-refractivity contribution in [3.8, 4) is 0 Å². The first-order valence-electron chi connectivity index (χ1n) is 4.90. The summed E-state index contributed by atoms with van der Waals surface area (Å²) in [5.74, 6) is 1.10. The van der Waals surface area contributed by atoms with Crippen molar-refractivity contribution in [2.45, 2.75) is 25.8 Å². The van der Waals surface area contributed by atoms with Crippen LogP contribution in [0, 0.1) is 0 Å². The zero-order valence-electron chi connectivity index (χ0n) is 8.90. The fourth-order valence-electron chi connectivity index (χ4n) is 1.31. The van der Waals surface area contributed by atoms with E-state index in [0.717, 1.165) is 23.0 Å². The maximum atomic E-state index is 4.62. The van der Waals surface area contributed by atoms with Crippen LogP contribution in [0.3, 0.4) is 0 Å². The summed E-state index contributed by atoms with van der Waals surface area (Å²) in [6.45, 7) is 4.30. The van der Waals surface area contributed by atoms with E-state index in [1.807, 2.05) is 0 Å². The normalized spacial score (nSPS) is 19.5. The third-order valence-electron chi connectivity index (χ3n) is 2.17. The van der Waals surface area contributed by atoms with Gasteiger partial charge in [-0.15, -0.1) is 0 Å². The number of rotatable bonds is 1. The molecule has 1 aromatic heterocycles. The molecule has 0 amide bonds. The first kappa shape index (κ1) is 10.4. The maximum Gasteiger partial charge on any atom is 0.161 e. The van der Waals surface area contributed by atoms with Gasteiger partial charge in [0.15, 0.2) is 5.17 Å². The Labute approximate surface area is 93.6 Å². The summed E-state index contributed by atoms with van der Waals surface area (Å²) in [4.78, 5) is 12.5. The van der Waals surface area contributed by atoms with Gasteiger partial charge in [-0.25, -0.2) is 9.97 Å². The van der Waals surface area contributed by atoms with Gasteiger partial charge in [0.25, 0.3) is 0 Å². The molecule has 0 saturated carbocycles. The highest BCUT2D eigenvalue weighted by molar-refractivity contribution is 8.14. The van der Waals surface area contributed by atoms with Gasteiger partial charge in [0.2, 0.25) is 0 Å². The second kappa shape index (κ2) is 4.18. The smallest absolute Gasteiger partial charge is 0.161 e. The number of aromatic nitrogens is 2. The maximum absolute atomic E-state index is 4.62.